The number of nitrogens with zero attached hydrogens (tertiary/aromatic N) is 1. The molecule has 1 aliphatic heterocycles. The molecule has 1 amide bonds. The van der Waals surface area contributed by atoms with Crippen LogP contribution in [0.15, 0.2) is 65.2 Å². The van der Waals surface area contributed by atoms with Gasteiger partial charge in [0, 0.05) is 30.2 Å². The maximum atomic E-state index is 12.4. The van der Waals surface area contributed by atoms with E-state index in [0.29, 0.717) is 24.2 Å². The van der Waals surface area contributed by atoms with Crippen LogP contribution in [-0.4, -0.2) is 48.1 Å². The van der Waals surface area contributed by atoms with Crippen molar-refractivity contribution >= 4 is 5.91 Å². The van der Waals surface area contributed by atoms with Crippen molar-refractivity contribution in [3.8, 4) is 17.1 Å². The number of methoxy groups -OCH3 is 1. The van der Waals surface area contributed by atoms with Gasteiger partial charge in [0.1, 0.15) is 11.9 Å². The normalized spacial score (nSPS) is 20.9. The van der Waals surface area contributed by atoms with Gasteiger partial charge in [-0.3, -0.25) is 4.79 Å². The Morgan fingerprint density at radius 2 is 1.94 bits per heavy atom. The van der Waals surface area contributed by atoms with Crippen molar-refractivity contribution < 1.29 is 23.9 Å². The van der Waals surface area contributed by atoms with Crippen LogP contribution in [0.25, 0.3) is 11.3 Å². The summed E-state index contributed by atoms with van der Waals surface area (Å²) in [4.78, 5) is 12.4. The highest BCUT2D eigenvalue weighted by Gasteiger charge is 2.31. The molecule has 0 aliphatic carbocycles. The second-order valence-electron chi connectivity index (χ2n) is 7.63. The quantitative estimate of drug-likeness (QED) is 0.607. The first-order chi connectivity index (χ1) is 15.1. The number of carbonyl (C=O) groups is 1. The number of aliphatic hydroxyl groups is 1. The highest BCUT2D eigenvalue weighted by molar-refractivity contribution is 5.94. The minimum Gasteiger partial charge on any atom is -0.497 e. The molecule has 7 nitrogen and oxygen atoms in total. The van der Waals surface area contributed by atoms with E-state index in [0.717, 1.165) is 23.4 Å². The lowest BCUT2D eigenvalue weighted by Gasteiger charge is -2.33. The summed E-state index contributed by atoms with van der Waals surface area (Å²) in [5.41, 5.74) is 2.31. The number of carbonyl (C=O) groups excluding carboxylic acids is 1. The second kappa shape index (κ2) is 9.76. The SMILES string of the molecule is COc1ccc(C(=O)NC[C@H]2O[C@H](Cc3cc(-c4ccccc4)on3)CC[C@@H]2O)cc1. The molecule has 0 saturated carbocycles. The molecule has 1 aliphatic rings. The molecular formula is C24H26N2O5. The van der Waals surface area contributed by atoms with Crippen LogP contribution in [0.2, 0.25) is 0 Å². The number of aliphatic hydroxyl groups excluding tert-OH is 1. The van der Waals surface area contributed by atoms with Crippen LogP contribution in [0.1, 0.15) is 28.9 Å². The van der Waals surface area contributed by atoms with Crippen LogP contribution in [0.4, 0.5) is 0 Å². The summed E-state index contributed by atoms with van der Waals surface area (Å²) >= 11 is 0. The number of aromatic nitrogens is 1. The number of hydrogen-bond acceptors (Lipinski definition) is 6. The van der Waals surface area contributed by atoms with Gasteiger partial charge in [0.15, 0.2) is 5.76 Å². The molecule has 1 saturated heterocycles. The molecule has 3 aromatic rings. The zero-order chi connectivity index (χ0) is 21.6. The fourth-order valence-corrected chi connectivity index (χ4v) is 3.70. The van der Waals surface area contributed by atoms with Gasteiger partial charge < -0.3 is 24.4 Å². The minimum absolute atomic E-state index is 0.0972. The van der Waals surface area contributed by atoms with Crippen molar-refractivity contribution in [2.75, 3.05) is 13.7 Å². The van der Waals surface area contributed by atoms with Gasteiger partial charge in [-0.25, -0.2) is 0 Å². The molecule has 1 fully saturated rings. The number of benzene rings is 2. The lowest BCUT2D eigenvalue weighted by Crippen LogP contribution is -2.46. The van der Waals surface area contributed by atoms with Gasteiger partial charge in [-0.05, 0) is 37.1 Å². The predicted molar refractivity (Wildman–Crippen MR) is 115 cm³/mol. The molecule has 2 aromatic carbocycles. The molecule has 2 heterocycles. The standard InChI is InChI=1S/C24H26N2O5/c1-29-19-9-7-17(8-10-19)24(28)25-15-23-21(27)12-11-20(30-23)13-18-14-22(31-26-18)16-5-3-2-4-6-16/h2-10,14,20-21,23,27H,11-13,15H2,1H3,(H,25,28)/t20-,21-,23+/m0/s1. The molecule has 0 radical (unpaired) electrons. The van der Waals surface area contributed by atoms with Crippen molar-refractivity contribution in [1.29, 1.82) is 0 Å². The maximum absolute atomic E-state index is 12.4. The van der Waals surface area contributed by atoms with E-state index in [1.54, 1.807) is 31.4 Å². The Bertz CT molecular complexity index is 987. The van der Waals surface area contributed by atoms with Crippen molar-refractivity contribution in [3.05, 3.63) is 71.9 Å². The van der Waals surface area contributed by atoms with Crippen LogP contribution in [0, 0.1) is 0 Å². The van der Waals surface area contributed by atoms with E-state index in [1.807, 2.05) is 36.4 Å². The Labute approximate surface area is 181 Å². The number of amides is 1. The summed E-state index contributed by atoms with van der Waals surface area (Å²) in [6, 6.07) is 18.6. The molecule has 2 N–H and O–H groups in total. The smallest absolute Gasteiger partial charge is 0.251 e. The van der Waals surface area contributed by atoms with Crippen molar-refractivity contribution in [2.45, 2.75) is 37.6 Å². The summed E-state index contributed by atoms with van der Waals surface area (Å²) in [5, 5.41) is 17.3. The second-order valence-corrected chi connectivity index (χ2v) is 7.63. The molecule has 31 heavy (non-hydrogen) atoms. The third kappa shape index (κ3) is 5.31. The lowest BCUT2D eigenvalue weighted by atomic mass is 9.98. The van der Waals surface area contributed by atoms with Gasteiger partial charge in [0.25, 0.3) is 5.91 Å². The first kappa shape index (κ1) is 21.1. The Morgan fingerprint density at radius 1 is 1.16 bits per heavy atom. The summed E-state index contributed by atoms with van der Waals surface area (Å²) in [5.74, 6) is 1.19. The van der Waals surface area contributed by atoms with Gasteiger partial charge in [0.05, 0.1) is 25.0 Å². The van der Waals surface area contributed by atoms with Gasteiger partial charge in [-0.15, -0.1) is 0 Å². The Hall–Kier alpha value is -3.16. The zero-order valence-corrected chi connectivity index (χ0v) is 17.4. The molecule has 1 aromatic heterocycles. The number of nitrogens with one attached hydrogen (secondary N) is 1. The lowest BCUT2D eigenvalue weighted by molar-refractivity contribution is -0.114. The Kier molecular flexibility index (Phi) is 6.64. The Morgan fingerprint density at radius 3 is 2.68 bits per heavy atom. The van der Waals surface area contributed by atoms with Crippen LogP contribution in [0.3, 0.4) is 0 Å². The fraction of sp³-hybridized carbons (Fsp3) is 0.333. The topological polar surface area (TPSA) is 93.8 Å². The van der Waals surface area contributed by atoms with Gasteiger partial charge in [0.2, 0.25) is 0 Å². The van der Waals surface area contributed by atoms with Crippen LogP contribution in [0.5, 0.6) is 5.75 Å². The zero-order valence-electron chi connectivity index (χ0n) is 17.4. The Balaban J connectivity index is 1.32. The minimum atomic E-state index is -0.621. The molecule has 7 heteroatoms. The number of rotatable bonds is 7. The summed E-state index contributed by atoms with van der Waals surface area (Å²) in [7, 11) is 1.58. The fourth-order valence-electron chi connectivity index (χ4n) is 3.70. The monoisotopic (exact) mass is 422 g/mol. The van der Waals surface area contributed by atoms with Gasteiger partial charge >= 0.3 is 0 Å². The third-order valence-corrected chi connectivity index (χ3v) is 5.45. The van der Waals surface area contributed by atoms with E-state index in [1.165, 1.54) is 0 Å². The molecular weight excluding hydrogens is 396 g/mol. The summed E-state index contributed by atoms with van der Waals surface area (Å²) in [6.07, 6.45) is 0.729. The van der Waals surface area contributed by atoms with Crippen molar-refractivity contribution in [2.24, 2.45) is 0 Å². The average Bonchev–Trinajstić information content (AvgIpc) is 3.28. The molecule has 4 rings (SSSR count). The highest BCUT2D eigenvalue weighted by Crippen LogP contribution is 2.25. The van der Waals surface area contributed by atoms with Crippen LogP contribution in [-0.2, 0) is 11.2 Å². The molecule has 0 bridgehead atoms. The number of hydrogen-bond donors (Lipinski definition) is 2. The van der Waals surface area contributed by atoms with E-state index in [9.17, 15) is 9.90 Å². The first-order valence-corrected chi connectivity index (χ1v) is 10.4. The van der Waals surface area contributed by atoms with Crippen LogP contribution >= 0.6 is 0 Å². The molecule has 0 unspecified atom stereocenters. The van der Waals surface area contributed by atoms with E-state index in [2.05, 4.69) is 10.5 Å². The largest absolute Gasteiger partial charge is 0.497 e. The van der Waals surface area contributed by atoms with Gasteiger partial charge in [-0.1, -0.05) is 35.5 Å². The van der Waals surface area contributed by atoms with E-state index < -0.39 is 12.2 Å². The van der Waals surface area contributed by atoms with Gasteiger partial charge in [-0.2, -0.15) is 0 Å². The third-order valence-electron chi connectivity index (χ3n) is 5.45. The maximum Gasteiger partial charge on any atom is 0.251 e. The molecule has 0 spiro atoms. The first-order valence-electron chi connectivity index (χ1n) is 10.4. The summed E-state index contributed by atoms with van der Waals surface area (Å²) < 4.78 is 16.6. The van der Waals surface area contributed by atoms with E-state index in [4.69, 9.17) is 14.0 Å². The number of ether oxygens (including phenoxy) is 2. The van der Waals surface area contributed by atoms with Crippen LogP contribution < -0.4 is 10.1 Å². The molecule has 3 atom stereocenters. The van der Waals surface area contributed by atoms with E-state index in [-0.39, 0.29) is 18.6 Å². The average molecular weight is 422 g/mol. The van der Waals surface area contributed by atoms with Crippen molar-refractivity contribution in [3.63, 3.8) is 0 Å². The molecule has 162 valence electrons. The predicted octanol–water partition coefficient (Wildman–Crippen LogP) is 3.23. The highest BCUT2D eigenvalue weighted by atomic mass is 16.5. The van der Waals surface area contributed by atoms with E-state index >= 15 is 0 Å². The van der Waals surface area contributed by atoms with Crippen molar-refractivity contribution in [1.82, 2.24) is 10.5 Å². The summed E-state index contributed by atoms with van der Waals surface area (Å²) in [6.45, 7) is 0.233.